The molecule has 4 aromatic rings. The molecule has 0 saturated carbocycles. The van der Waals surface area contributed by atoms with E-state index in [1.165, 1.54) is 6.07 Å². The lowest BCUT2D eigenvalue weighted by molar-refractivity contribution is -0.147. The van der Waals surface area contributed by atoms with Crippen molar-refractivity contribution in [2.24, 2.45) is 0 Å². The van der Waals surface area contributed by atoms with Gasteiger partial charge in [-0.05, 0) is 42.7 Å². The van der Waals surface area contributed by atoms with Gasteiger partial charge in [-0.3, -0.25) is 9.59 Å². The van der Waals surface area contributed by atoms with Crippen LogP contribution in [0, 0.1) is 0 Å². The molecule has 2 aromatic heterocycles. The minimum Gasteiger partial charge on any atom is -0.481 e. The highest BCUT2D eigenvalue weighted by atomic mass is 19.4. The number of alkyl halides is 3. The van der Waals surface area contributed by atoms with Gasteiger partial charge in [-0.15, -0.1) is 0 Å². The first-order valence-corrected chi connectivity index (χ1v) is 15.1. The van der Waals surface area contributed by atoms with E-state index in [-0.39, 0.29) is 29.6 Å². The van der Waals surface area contributed by atoms with E-state index in [9.17, 15) is 27.6 Å². The van der Waals surface area contributed by atoms with Crippen LogP contribution in [0.25, 0.3) is 0 Å². The number of hydrogen-bond donors (Lipinski definition) is 2. The van der Waals surface area contributed by atoms with Crippen molar-refractivity contribution in [3.05, 3.63) is 102 Å². The number of esters is 1. The van der Waals surface area contributed by atoms with E-state index < -0.39 is 42.7 Å². The third-order valence-electron chi connectivity index (χ3n) is 7.71. The first-order chi connectivity index (χ1) is 23.1. The van der Waals surface area contributed by atoms with Crippen molar-refractivity contribution in [1.82, 2.24) is 14.9 Å². The van der Waals surface area contributed by atoms with Crippen LogP contribution in [-0.4, -0.2) is 60.7 Å². The van der Waals surface area contributed by atoms with Crippen molar-refractivity contribution >= 4 is 29.2 Å². The number of piperidine rings is 1. The zero-order chi connectivity index (χ0) is 34.1. The fourth-order valence-corrected chi connectivity index (χ4v) is 5.19. The van der Waals surface area contributed by atoms with Crippen LogP contribution in [-0.2, 0) is 27.1 Å². The van der Waals surface area contributed by atoms with Crippen LogP contribution in [0.1, 0.15) is 40.4 Å². The first-order valence-electron chi connectivity index (χ1n) is 15.1. The van der Waals surface area contributed by atoms with Crippen LogP contribution in [0.5, 0.6) is 11.6 Å². The van der Waals surface area contributed by atoms with Gasteiger partial charge in [0, 0.05) is 43.2 Å². The molecular weight excluding hydrogens is 631 g/mol. The van der Waals surface area contributed by atoms with Crippen molar-refractivity contribution in [3.8, 4) is 11.6 Å². The summed E-state index contributed by atoms with van der Waals surface area (Å²) < 4.78 is 57.3. The van der Waals surface area contributed by atoms with E-state index in [1.807, 2.05) is 41.0 Å². The summed E-state index contributed by atoms with van der Waals surface area (Å²) in [4.78, 5) is 44.3. The lowest BCUT2D eigenvalue weighted by Crippen LogP contribution is -2.34. The Morgan fingerprint density at radius 3 is 2.44 bits per heavy atom. The number of benzene rings is 2. The monoisotopic (exact) mass is 665 g/mol. The molecule has 1 aliphatic rings. The van der Waals surface area contributed by atoms with E-state index in [0.29, 0.717) is 11.9 Å². The minimum absolute atomic E-state index is 0.0473. The summed E-state index contributed by atoms with van der Waals surface area (Å²) in [6.07, 6.45) is 2.05. The molecule has 252 valence electrons. The molecule has 5 rings (SSSR count). The van der Waals surface area contributed by atoms with E-state index in [1.54, 1.807) is 31.8 Å². The Labute approximate surface area is 274 Å². The Bertz CT molecular complexity index is 1700. The van der Waals surface area contributed by atoms with Crippen LogP contribution in [0.4, 0.5) is 24.5 Å². The van der Waals surface area contributed by atoms with Crippen LogP contribution in [0.15, 0.2) is 85.3 Å². The third-order valence-corrected chi connectivity index (χ3v) is 7.71. The van der Waals surface area contributed by atoms with Crippen LogP contribution in [0.2, 0.25) is 0 Å². The van der Waals surface area contributed by atoms with Crippen LogP contribution >= 0.6 is 0 Å². The largest absolute Gasteiger partial charge is 0.481 e. The quantitative estimate of drug-likeness (QED) is 0.197. The number of rotatable bonds is 12. The van der Waals surface area contributed by atoms with Gasteiger partial charge < -0.3 is 34.3 Å². The molecule has 48 heavy (non-hydrogen) atoms. The molecule has 3 heterocycles. The van der Waals surface area contributed by atoms with Gasteiger partial charge in [-0.25, -0.2) is 9.78 Å². The second-order valence-electron chi connectivity index (χ2n) is 11.0. The van der Waals surface area contributed by atoms with Gasteiger partial charge in [0.1, 0.15) is 12.3 Å². The number of pyridine rings is 1. The topological polar surface area (TPSA) is 124 Å². The fourth-order valence-electron chi connectivity index (χ4n) is 5.19. The zero-order valence-corrected chi connectivity index (χ0v) is 26.0. The lowest BCUT2D eigenvalue weighted by Gasteiger charge is -2.34. The van der Waals surface area contributed by atoms with Gasteiger partial charge in [0.2, 0.25) is 11.8 Å². The molecule has 0 atom stereocenters. The van der Waals surface area contributed by atoms with Gasteiger partial charge in [-0.2, -0.15) is 13.2 Å². The number of nitrogens with one attached hydrogen (secondary N) is 2. The maximum Gasteiger partial charge on any atom is 0.416 e. The molecule has 2 aromatic carbocycles. The molecule has 0 radical (unpaired) electrons. The standard InChI is InChI=1S/C34H34F3N5O6/c1-46-31-11-10-27(17-38-31)41-14-12-26(13-15-41)42-19-28(29(20-42)47-22-32(44)48-21-23-6-3-2-4-7-23)40-30(43)18-39-33(45)24-8-5-9-25(16-24)34(35,36)37/h2-11,16-17,19-20,26H,12-15,18,21-22H2,1H3,(H,39,45)(H,40,43). The summed E-state index contributed by atoms with van der Waals surface area (Å²) in [6.45, 7) is 0.605. The van der Waals surface area contributed by atoms with E-state index in [4.69, 9.17) is 14.2 Å². The Hall–Kier alpha value is -5.53. The molecule has 0 aliphatic carbocycles. The molecule has 11 nitrogen and oxygen atoms in total. The first kappa shape index (κ1) is 33.8. The summed E-state index contributed by atoms with van der Waals surface area (Å²) in [5.41, 5.74) is 0.829. The van der Waals surface area contributed by atoms with Crippen molar-refractivity contribution in [2.75, 3.05) is 43.6 Å². The van der Waals surface area contributed by atoms with Gasteiger partial charge in [0.25, 0.3) is 5.91 Å². The number of ether oxygens (including phenoxy) is 3. The van der Waals surface area contributed by atoms with Crippen LogP contribution in [0.3, 0.4) is 0 Å². The summed E-state index contributed by atoms with van der Waals surface area (Å²) in [5, 5.41) is 5.02. The molecule has 0 bridgehead atoms. The second kappa shape index (κ2) is 15.4. The van der Waals surface area contributed by atoms with Gasteiger partial charge >= 0.3 is 12.1 Å². The number of carbonyl (C=O) groups is 3. The number of amides is 2. The highest BCUT2D eigenvalue weighted by Crippen LogP contribution is 2.33. The summed E-state index contributed by atoms with van der Waals surface area (Å²) in [6, 6.07) is 16.9. The number of methoxy groups -OCH3 is 1. The number of hydrogen-bond acceptors (Lipinski definition) is 8. The number of anilines is 2. The number of carbonyl (C=O) groups excluding carboxylic acids is 3. The van der Waals surface area contributed by atoms with Gasteiger partial charge in [0.15, 0.2) is 12.4 Å². The van der Waals surface area contributed by atoms with Gasteiger partial charge in [-0.1, -0.05) is 36.4 Å². The van der Waals surface area contributed by atoms with Crippen molar-refractivity contribution in [2.45, 2.75) is 31.7 Å². The molecule has 0 unspecified atom stereocenters. The average molecular weight is 666 g/mol. The maximum absolute atomic E-state index is 13.1. The molecule has 1 fully saturated rings. The number of halogens is 3. The molecular formula is C34H34F3N5O6. The summed E-state index contributed by atoms with van der Waals surface area (Å²) in [5.74, 6) is -1.36. The molecule has 1 saturated heterocycles. The summed E-state index contributed by atoms with van der Waals surface area (Å²) >= 11 is 0. The van der Waals surface area contributed by atoms with Crippen molar-refractivity contribution < 1.29 is 41.8 Å². The summed E-state index contributed by atoms with van der Waals surface area (Å²) in [7, 11) is 1.56. The van der Waals surface area contributed by atoms with Crippen molar-refractivity contribution in [3.63, 3.8) is 0 Å². The molecule has 2 N–H and O–H groups in total. The Kier molecular flexibility index (Phi) is 10.8. The SMILES string of the molecule is COc1ccc(N2CCC(n3cc(NC(=O)CNC(=O)c4cccc(C(F)(F)F)c4)c(OCC(=O)OCc4ccccc4)c3)CC2)cn1. The normalized spacial score (nSPS) is 13.5. The molecule has 14 heteroatoms. The predicted octanol–water partition coefficient (Wildman–Crippen LogP) is 5.24. The molecule has 1 aliphatic heterocycles. The minimum atomic E-state index is -4.62. The highest BCUT2D eigenvalue weighted by Gasteiger charge is 2.31. The molecule has 2 amide bonds. The van der Waals surface area contributed by atoms with Crippen LogP contribution < -0.4 is 25.0 Å². The number of aromatic nitrogens is 2. The Morgan fingerprint density at radius 2 is 1.75 bits per heavy atom. The van der Waals surface area contributed by atoms with E-state index >= 15 is 0 Å². The average Bonchev–Trinajstić information content (AvgIpc) is 3.51. The predicted molar refractivity (Wildman–Crippen MR) is 170 cm³/mol. The van der Waals surface area contributed by atoms with E-state index in [0.717, 1.165) is 49.3 Å². The Morgan fingerprint density at radius 1 is 0.979 bits per heavy atom. The lowest BCUT2D eigenvalue weighted by atomic mass is 10.0. The number of nitrogens with zero attached hydrogens (tertiary/aromatic N) is 3. The molecule has 0 spiro atoms. The highest BCUT2D eigenvalue weighted by molar-refractivity contribution is 6.00. The smallest absolute Gasteiger partial charge is 0.416 e. The van der Waals surface area contributed by atoms with Crippen molar-refractivity contribution in [1.29, 1.82) is 0 Å². The van der Waals surface area contributed by atoms with E-state index in [2.05, 4.69) is 20.5 Å². The zero-order valence-electron chi connectivity index (χ0n) is 26.0. The Balaban J connectivity index is 1.23. The second-order valence-corrected chi connectivity index (χ2v) is 11.0. The van der Waals surface area contributed by atoms with Gasteiger partial charge in [0.05, 0.1) is 31.1 Å². The third kappa shape index (κ3) is 9.05. The fraction of sp³-hybridized carbons (Fsp3) is 0.294. The maximum atomic E-state index is 13.1.